The second kappa shape index (κ2) is 5.86. The number of hydrogen-bond donors (Lipinski definition) is 1. The number of nitrogens with zero attached hydrogens (tertiary/aromatic N) is 1. The average Bonchev–Trinajstić information content (AvgIpc) is 3.09. The second-order valence-electron chi connectivity index (χ2n) is 4.00. The molecular weight excluding hydrogens is 340 g/mol. The van der Waals surface area contributed by atoms with E-state index in [-0.39, 0.29) is 0 Å². The summed E-state index contributed by atoms with van der Waals surface area (Å²) >= 11 is 6.89. The Labute approximate surface area is 128 Å². The van der Waals surface area contributed by atoms with Crippen LogP contribution in [-0.4, -0.2) is 4.98 Å². The van der Waals surface area contributed by atoms with Gasteiger partial charge in [0, 0.05) is 21.9 Å². The second-order valence-corrected chi connectivity index (χ2v) is 6.76. The van der Waals surface area contributed by atoms with Crippen LogP contribution < -0.4 is 5.32 Å². The highest BCUT2D eigenvalue weighted by atomic mass is 79.9. The summed E-state index contributed by atoms with van der Waals surface area (Å²) in [7, 11) is 0. The molecule has 0 aliphatic carbocycles. The number of pyridine rings is 1. The molecule has 0 aliphatic heterocycles. The van der Waals surface area contributed by atoms with E-state index in [1.807, 2.05) is 18.3 Å². The molecule has 3 aromatic heterocycles. The summed E-state index contributed by atoms with van der Waals surface area (Å²) in [6.07, 6.45) is 1.83. The van der Waals surface area contributed by atoms with Crippen molar-refractivity contribution in [2.75, 3.05) is 5.32 Å². The summed E-state index contributed by atoms with van der Waals surface area (Å²) < 4.78 is 0.856. The number of hydrogen-bond acceptors (Lipinski definition) is 4. The Kier molecular flexibility index (Phi) is 3.96. The lowest BCUT2D eigenvalue weighted by Crippen LogP contribution is -1.97. The number of nitrogens with one attached hydrogen (secondary N) is 1. The van der Waals surface area contributed by atoms with Gasteiger partial charge in [-0.05, 0) is 51.0 Å². The predicted octanol–water partition coefficient (Wildman–Crippen LogP) is 5.25. The van der Waals surface area contributed by atoms with Crippen LogP contribution in [0.2, 0.25) is 0 Å². The monoisotopic (exact) mass is 350 g/mol. The Bertz CT molecular complexity index is 644. The molecule has 0 amide bonds. The van der Waals surface area contributed by atoms with Crippen LogP contribution >= 0.6 is 38.6 Å². The standard InChI is InChI=1S/C14H11BrN2S2/c15-14-4-3-11(7-17-14)16-8-12-6-10(9-19-12)13-2-1-5-18-13/h1-7,9,16H,8H2. The fourth-order valence-electron chi connectivity index (χ4n) is 1.71. The van der Waals surface area contributed by atoms with E-state index in [1.165, 1.54) is 15.3 Å². The Balaban J connectivity index is 1.66. The van der Waals surface area contributed by atoms with E-state index in [0.29, 0.717) is 0 Å². The van der Waals surface area contributed by atoms with Gasteiger partial charge in [-0.3, -0.25) is 0 Å². The average molecular weight is 351 g/mol. The summed E-state index contributed by atoms with van der Waals surface area (Å²) in [5, 5.41) is 7.70. The Morgan fingerprint density at radius 3 is 2.89 bits per heavy atom. The van der Waals surface area contributed by atoms with Gasteiger partial charge in [0.25, 0.3) is 0 Å². The van der Waals surface area contributed by atoms with Crippen molar-refractivity contribution in [3.8, 4) is 10.4 Å². The molecule has 0 unspecified atom stereocenters. The highest BCUT2D eigenvalue weighted by molar-refractivity contribution is 9.10. The molecule has 3 aromatic rings. The van der Waals surface area contributed by atoms with E-state index in [9.17, 15) is 0 Å². The molecule has 0 saturated carbocycles. The molecule has 3 rings (SSSR count). The molecule has 0 aliphatic rings. The Hall–Kier alpha value is -1.17. The third-order valence-electron chi connectivity index (χ3n) is 2.65. The molecule has 0 fully saturated rings. The zero-order valence-electron chi connectivity index (χ0n) is 9.97. The molecule has 19 heavy (non-hydrogen) atoms. The molecule has 5 heteroatoms. The molecule has 0 aromatic carbocycles. The first-order chi connectivity index (χ1) is 9.31. The molecule has 0 atom stereocenters. The number of thiophene rings is 2. The third-order valence-corrected chi connectivity index (χ3v) is 4.98. The molecule has 3 heterocycles. The van der Waals surface area contributed by atoms with Crippen molar-refractivity contribution in [3.05, 3.63) is 56.8 Å². The largest absolute Gasteiger partial charge is 0.379 e. The summed E-state index contributed by atoms with van der Waals surface area (Å²) in [6.45, 7) is 0.833. The minimum Gasteiger partial charge on any atom is -0.379 e. The minimum absolute atomic E-state index is 0.833. The van der Waals surface area contributed by atoms with Gasteiger partial charge >= 0.3 is 0 Å². The SMILES string of the molecule is Brc1ccc(NCc2cc(-c3cccs3)cs2)cn1. The minimum atomic E-state index is 0.833. The summed E-state index contributed by atoms with van der Waals surface area (Å²) in [5.74, 6) is 0. The van der Waals surface area contributed by atoms with Gasteiger partial charge in [0.05, 0.1) is 11.9 Å². The maximum absolute atomic E-state index is 4.20. The van der Waals surface area contributed by atoms with E-state index in [1.54, 1.807) is 22.7 Å². The Morgan fingerprint density at radius 1 is 1.21 bits per heavy atom. The fourth-order valence-corrected chi connectivity index (χ4v) is 3.56. The van der Waals surface area contributed by atoms with Gasteiger partial charge in [0.2, 0.25) is 0 Å². The number of rotatable bonds is 4. The maximum atomic E-state index is 4.20. The van der Waals surface area contributed by atoms with Gasteiger partial charge in [-0.2, -0.15) is 0 Å². The molecule has 1 N–H and O–H groups in total. The summed E-state index contributed by atoms with van der Waals surface area (Å²) in [4.78, 5) is 6.85. The predicted molar refractivity (Wildman–Crippen MR) is 86.9 cm³/mol. The van der Waals surface area contributed by atoms with Crippen molar-refractivity contribution in [1.29, 1.82) is 0 Å². The van der Waals surface area contributed by atoms with Gasteiger partial charge in [0.1, 0.15) is 4.60 Å². The van der Waals surface area contributed by atoms with Crippen molar-refractivity contribution >= 4 is 44.3 Å². The van der Waals surface area contributed by atoms with E-state index in [4.69, 9.17) is 0 Å². The molecule has 0 bridgehead atoms. The smallest absolute Gasteiger partial charge is 0.106 e. The van der Waals surface area contributed by atoms with Crippen LogP contribution in [0.25, 0.3) is 10.4 Å². The Morgan fingerprint density at radius 2 is 2.16 bits per heavy atom. The zero-order valence-corrected chi connectivity index (χ0v) is 13.2. The normalized spacial score (nSPS) is 10.6. The molecule has 0 spiro atoms. The third kappa shape index (κ3) is 3.23. The van der Waals surface area contributed by atoms with Gasteiger partial charge in [-0.1, -0.05) is 6.07 Å². The first-order valence-electron chi connectivity index (χ1n) is 5.78. The highest BCUT2D eigenvalue weighted by Crippen LogP contribution is 2.29. The van der Waals surface area contributed by atoms with Crippen LogP contribution in [0.5, 0.6) is 0 Å². The molecule has 96 valence electrons. The number of anilines is 1. The van der Waals surface area contributed by atoms with Crippen LogP contribution in [0, 0.1) is 0 Å². The lowest BCUT2D eigenvalue weighted by Gasteiger charge is -2.03. The number of halogens is 1. The van der Waals surface area contributed by atoms with E-state index in [2.05, 4.69) is 55.2 Å². The van der Waals surface area contributed by atoms with Crippen LogP contribution in [0.3, 0.4) is 0 Å². The van der Waals surface area contributed by atoms with Gasteiger partial charge < -0.3 is 5.32 Å². The number of aromatic nitrogens is 1. The van der Waals surface area contributed by atoms with Crippen LogP contribution in [0.4, 0.5) is 5.69 Å². The quantitative estimate of drug-likeness (QED) is 0.650. The molecule has 0 saturated heterocycles. The first kappa shape index (κ1) is 12.8. The summed E-state index contributed by atoms with van der Waals surface area (Å²) in [6, 6.07) is 10.4. The maximum Gasteiger partial charge on any atom is 0.106 e. The topological polar surface area (TPSA) is 24.9 Å². The van der Waals surface area contributed by atoms with Crippen molar-refractivity contribution in [2.24, 2.45) is 0 Å². The fraction of sp³-hybridized carbons (Fsp3) is 0.0714. The van der Waals surface area contributed by atoms with E-state index in [0.717, 1.165) is 16.8 Å². The molecule has 0 radical (unpaired) electrons. The lowest BCUT2D eigenvalue weighted by molar-refractivity contribution is 1.17. The molecule has 2 nitrogen and oxygen atoms in total. The van der Waals surface area contributed by atoms with Gasteiger partial charge in [-0.15, -0.1) is 22.7 Å². The van der Waals surface area contributed by atoms with Crippen molar-refractivity contribution in [3.63, 3.8) is 0 Å². The van der Waals surface area contributed by atoms with Gasteiger partial charge in [0.15, 0.2) is 0 Å². The van der Waals surface area contributed by atoms with Crippen molar-refractivity contribution < 1.29 is 0 Å². The molecular formula is C14H11BrN2S2. The zero-order chi connectivity index (χ0) is 13.1. The van der Waals surface area contributed by atoms with Crippen LogP contribution in [-0.2, 0) is 6.54 Å². The van der Waals surface area contributed by atoms with Crippen LogP contribution in [0.1, 0.15) is 4.88 Å². The van der Waals surface area contributed by atoms with Crippen molar-refractivity contribution in [2.45, 2.75) is 6.54 Å². The van der Waals surface area contributed by atoms with Crippen LogP contribution in [0.15, 0.2) is 51.9 Å². The van der Waals surface area contributed by atoms with E-state index >= 15 is 0 Å². The summed E-state index contributed by atoms with van der Waals surface area (Å²) in [5.41, 5.74) is 2.35. The van der Waals surface area contributed by atoms with Crippen molar-refractivity contribution in [1.82, 2.24) is 4.98 Å². The lowest BCUT2D eigenvalue weighted by atomic mass is 10.2. The van der Waals surface area contributed by atoms with E-state index < -0.39 is 0 Å². The highest BCUT2D eigenvalue weighted by Gasteiger charge is 2.03. The first-order valence-corrected chi connectivity index (χ1v) is 8.33. The van der Waals surface area contributed by atoms with Gasteiger partial charge in [-0.25, -0.2) is 4.98 Å².